The lowest BCUT2D eigenvalue weighted by atomic mass is 9.74. The number of carbonyl (C=O) groups excluding carboxylic acids is 3. The molecule has 0 spiro atoms. The average Bonchev–Trinajstić information content (AvgIpc) is 3.40. The van der Waals surface area contributed by atoms with Gasteiger partial charge in [0.1, 0.15) is 29.7 Å². The number of nitrogens with two attached hydrogens (primary N) is 1. The number of esters is 1. The van der Waals surface area contributed by atoms with Gasteiger partial charge in [-0.2, -0.15) is 0 Å². The second-order valence-corrected chi connectivity index (χ2v) is 21.8. The van der Waals surface area contributed by atoms with Crippen LogP contribution in [0.4, 0.5) is 0 Å². The van der Waals surface area contributed by atoms with Crippen LogP contribution in [0.1, 0.15) is 132 Å². The zero-order valence-electron chi connectivity index (χ0n) is 48.4. The van der Waals surface area contributed by atoms with Crippen molar-refractivity contribution in [2.24, 2.45) is 29.5 Å². The highest BCUT2D eigenvalue weighted by atomic mass is 16.7. The molecule has 1 aromatic heterocycles. The summed E-state index contributed by atoms with van der Waals surface area (Å²) in [5.74, 6) is 0.111. The summed E-state index contributed by atoms with van der Waals surface area (Å²) in [5.41, 5.74) is -1.72. The first-order valence-electron chi connectivity index (χ1n) is 27.1. The van der Waals surface area contributed by atoms with Crippen molar-refractivity contribution in [3.05, 3.63) is 30.1 Å². The van der Waals surface area contributed by atoms with E-state index in [9.17, 15) is 34.8 Å². The molecule has 0 bridgehead atoms. The van der Waals surface area contributed by atoms with Crippen LogP contribution in [-0.2, 0) is 42.7 Å². The maximum absolute atomic E-state index is 14.2. The molecule has 76 heavy (non-hydrogen) atoms. The van der Waals surface area contributed by atoms with Gasteiger partial charge >= 0.3 is 5.97 Å². The van der Waals surface area contributed by atoms with Crippen molar-refractivity contribution in [1.82, 2.24) is 25.9 Å². The molecule has 3 fully saturated rings. The van der Waals surface area contributed by atoms with E-state index in [2.05, 4.69) is 15.6 Å². The number of pyridine rings is 1. The van der Waals surface area contributed by atoms with E-state index >= 15 is 0 Å². The Morgan fingerprint density at radius 2 is 1.39 bits per heavy atom. The molecule has 0 aromatic carbocycles. The lowest BCUT2D eigenvalue weighted by molar-refractivity contribution is -0.319. The van der Waals surface area contributed by atoms with E-state index in [1.807, 2.05) is 52.1 Å². The van der Waals surface area contributed by atoms with E-state index in [4.69, 9.17) is 49.2 Å². The molecule has 11 N–H and O–H groups in total. The second kappa shape index (κ2) is 32.4. The van der Waals surface area contributed by atoms with Crippen molar-refractivity contribution in [2.45, 2.75) is 218 Å². The number of aliphatic hydroxyl groups is 6. The summed E-state index contributed by atoms with van der Waals surface area (Å²) in [6.07, 6.45) is -3.79. The number of Topliss-reactive ketones (excluding diaryl/α,β-unsaturated/α-hetero) is 1. The lowest BCUT2D eigenvalue weighted by Crippen LogP contribution is -2.61. The maximum Gasteiger partial charge on any atom is 0.311 e. The molecule has 3 saturated heterocycles. The topological polar surface area (TPSA) is 315 Å². The second-order valence-electron chi connectivity index (χ2n) is 21.8. The monoisotopic (exact) mass is 1090 g/mol. The minimum atomic E-state index is -1.96. The number of methoxy groups -OCH3 is 2. The number of nitrogens with one attached hydrogen (secondary N) is 3. The normalized spacial score (nSPS) is 37.6. The third-order valence-electron chi connectivity index (χ3n) is 15.8. The molecule has 0 aliphatic carbocycles. The molecule has 22 nitrogen and oxygen atoms in total. The van der Waals surface area contributed by atoms with E-state index in [-0.39, 0.29) is 68.4 Å². The summed E-state index contributed by atoms with van der Waals surface area (Å²) in [7, 11) is 6.77. The Bertz CT molecular complexity index is 1820. The van der Waals surface area contributed by atoms with Crippen molar-refractivity contribution >= 4 is 17.7 Å². The summed E-state index contributed by atoms with van der Waals surface area (Å²) in [6, 6.07) is 3.29. The Morgan fingerprint density at radius 3 is 1.87 bits per heavy atom. The predicted molar refractivity (Wildman–Crippen MR) is 285 cm³/mol. The number of nitrogens with zero attached hydrogens (tertiary/aromatic N) is 2. The molecule has 20 atom stereocenters. The number of hydrogen-bond donors (Lipinski definition) is 10. The predicted octanol–water partition coefficient (Wildman–Crippen LogP) is 1.83. The number of aliphatic hydroxyl groups excluding tert-OH is 5. The minimum absolute atomic E-state index is 0.111. The molecule has 0 saturated carbocycles. The number of ketones is 1. The molecule has 1 amide bonds. The molecule has 442 valence electrons. The average molecular weight is 1090 g/mol. The van der Waals surface area contributed by atoms with Gasteiger partial charge in [0, 0.05) is 87.6 Å². The fourth-order valence-corrected chi connectivity index (χ4v) is 10.4. The van der Waals surface area contributed by atoms with Gasteiger partial charge in [-0.3, -0.25) is 24.8 Å². The van der Waals surface area contributed by atoms with Crippen LogP contribution in [0.2, 0.25) is 0 Å². The Labute approximate surface area is 452 Å². The van der Waals surface area contributed by atoms with E-state index < -0.39 is 102 Å². The van der Waals surface area contributed by atoms with Crippen molar-refractivity contribution in [2.75, 3.05) is 54.6 Å². The highest BCUT2D eigenvalue weighted by Gasteiger charge is 2.54. The molecule has 4 rings (SSSR count). The SMILES string of the molecule is CC[C@@H](CO)NCCN[C@@H](CC)CO.CC[C@H]1OC(=O)[C@H](C)[C@@H](OC2CC(C)(OC)C(O)C(C)O2)[C@H](C)[C@@H](OC2OC(C)CC(N(C)C)C2O)[C@](C)(OC)C[C@@H](C)C(=O)[C@H](C)[C@@H](O)[C@]1(C)O.NNC(=O)c1ccncc1. The van der Waals surface area contributed by atoms with Gasteiger partial charge in [0.15, 0.2) is 12.6 Å². The van der Waals surface area contributed by atoms with Crippen molar-refractivity contribution in [1.29, 1.82) is 0 Å². The third kappa shape index (κ3) is 18.9. The van der Waals surface area contributed by atoms with Crippen LogP contribution in [0.5, 0.6) is 0 Å². The number of ether oxygens (including phenoxy) is 7. The van der Waals surface area contributed by atoms with E-state index in [0.717, 1.165) is 25.9 Å². The number of hydrazine groups is 1. The number of hydrogen-bond acceptors (Lipinski definition) is 21. The summed E-state index contributed by atoms with van der Waals surface area (Å²) in [6.45, 7) is 23.2. The van der Waals surface area contributed by atoms with Gasteiger partial charge in [-0.1, -0.05) is 41.5 Å². The maximum atomic E-state index is 14.2. The first kappa shape index (κ1) is 69.2. The summed E-state index contributed by atoms with van der Waals surface area (Å²) in [5, 5.41) is 69.8. The first-order valence-corrected chi connectivity index (χ1v) is 27.1. The van der Waals surface area contributed by atoms with Gasteiger partial charge < -0.3 is 79.3 Å². The Hall–Kier alpha value is -2.88. The molecule has 8 unspecified atom stereocenters. The zero-order valence-corrected chi connectivity index (χ0v) is 48.4. The molecular weight excluding hydrogens is 989 g/mol. The Kier molecular flexibility index (Phi) is 29.5. The van der Waals surface area contributed by atoms with E-state index in [1.165, 1.54) is 33.5 Å². The number of carbonyl (C=O) groups is 3. The van der Waals surface area contributed by atoms with Crippen LogP contribution in [0, 0.1) is 23.7 Å². The van der Waals surface area contributed by atoms with Crippen molar-refractivity contribution < 1.29 is 78.2 Å². The number of amides is 1. The fraction of sp³-hybridized carbons (Fsp3) is 0.852. The molecule has 22 heteroatoms. The standard InChI is InChI=1S/C38H69NO13.C10H24N2O2.C6H7N3O/c1-15-26-38(10,45)31(42)21(4)28(40)19(2)17-37(9,47-14)33(52-35-29(41)25(39(11)12)16-20(3)48-35)22(5)30(23(6)34(44)50-26)51-27-18-36(8,46-13)32(43)24(7)49-27;1-3-9(7-13)11-5-6-12-10(4-2)8-14;7-9-6(10)5-1-3-8-4-2-5/h19-27,29-33,35,41-43,45H,15-18H2,1-14H3;9-14H,3-8H2,1-2H3;1-4H,7H2,(H,9,10)/t19-,20?,21+,22+,23-,24?,25?,26-,27?,29?,30+,31-,32?,33-,35?,36?,37-,38-;9-,10-;/m10./s1. The molecule has 3 aliphatic rings. The number of aromatic nitrogens is 1. The summed E-state index contributed by atoms with van der Waals surface area (Å²) < 4.78 is 43.9. The van der Waals surface area contributed by atoms with Gasteiger partial charge in [0.2, 0.25) is 0 Å². The first-order chi connectivity index (χ1) is 35.6. The minimum Gasteiger partial charge on any atom is -0.459 e. The van der Waals surface area contributed by atoms with Gasteiger partial charge in [0.25, 0.3) is 5.91 Å². The van der Waals surface area contributed by atoms with Crippen LogP contribution in [0.25, 0.3) is 0 Å². The smallest absolute Gasteiger partial charge is 0.311 e. The molecular formula is C54H100N6O16. The molecule has 0 radical (unpaired) electrons. The van der Waals surface area contributed by atoms with Crippen molar-refractivity contribution in [3.63, 3.8) is 0 Å². The summed E-state index contributed by atoms with van der Waals surface area (Å²) in [4.78, 5) is 44.6. The lowest BCUT2D eigenvalue weighted by Gasteiger charge is -2.50. The fourth-order valence-electron chi connectivity index (χ4n) is 10.4. The van der Waals surface area contributed by atoms with E-state index in [1.54, 1.807) is 60.6 Å². The summed E-state index contributed by atoms with van der Waals surface area (Å²) >= 11 is 0. The number of cyclic esters (lactones) is 1. The van der Waals surface area contributed by atoms with Gasteiger partial charge in [-0.15, -0.1) is 0 Å². The van der Waals surface area contributed by atoms with Gasteiger partial charge in [-0.05, 0) is 99.9 Å². The highest BCUT2D eigenvalue weighted by Crippen LogP contribution is 2.42. The number of rotatable bonds is 18. The van der Waals surface area contributed by atoms with Crippen LogP contribution < -0.4 is 21.9 Å². The Morgan fingerprint density at radius 1 is 0.842 bits per heavy atom. The largest absolute Gasteiger partial charge is 0.459 e. The number of nitrogen functional groups attached to an aromatic ring is 1. The van der Waals surface area contributed by atoms with Crippen LogP contribution in [0.15, 0.2) is 24.5 Å². The van der Waals surface area contributed by atoms with Crippen molar-refractivity contribution in [3.8, 4) is 0 Å². The van der Waals surface area contributed by atoms with Gasteiger partial charge in [-0.25, -0.2) is 5.84 Å². The van der Waals surface area contributed by atoms with E-state index in [0.29, 0.717) is 12.0 Å². The quantitative estimate of drug-likeness (QED) is 0.0330. The van der Waals surface area contributed by atoms with Crippen LogP contribution in [0.3, 0.4) is 0 Å². The van der Waals surface area contributed by atoms with Crippen LogP contribution >= 0.6 is 0 Å². The van der Waals surface area contributed by atoms with Crippen LogP contribution in [-0.4, -0.2) is 209 Å². The third-order valence-corrected chi connectivity index (χ3v) is 15.8. The Balaban J connectivity index is 0.000000670. The molecule has 1 aromatic rings. The molecule has 3 aliphatic heterocycles. The highest BCUT2D eigenvalue weighted by molar-refractivity contribution is 5.93. The molecule has 4 heterocycles. The van der Waals surface area contributed by atoms with Gasteiger partial charge in [0.05, 0.1) is 60.9 Å². The number of likely N-dealkylation sites (N-methyl/N-ethyl adjacent to an activating group) is 1. The zero-order chi connectivity index (χ0) is 57.9.